The van der Waals surface area contributed by atoms with Gasteiger partial charge in [0.05, 0.1) is 33.5 Å². The number of imidazole rings is 1. The van der Waals surface area contributed by atoms with Crippen LogP contribution in [0.3, 0.4) is 0 Å². The fourth-order valence-corrected chi connectivity index (χ4v) is 7.56. The fourth-order valence-electron chi connectivity index (χ4n) is 7.56. The van der Waals surface area contributed by atoms with Gasteiger partial charge in [-0.1, -0.05) is 147 Å². The van der Waals surface area contributed by atoms with Gasteiger partial charge in [-0.25, -0.2) is 4.98 Å². The second-order valence-corrected chi connectivity index (χ2v) is 18.7. The van der Waals surface area contributed by atoms with Crippen molar-refractivity contribution in [3.63, 3.8) is 0 Å². The summed E-state index contributed by atoms with van der Waals surface area (Å²) in [7, 11) is 0. The lowest BCUT2D eigenvalue weighted by Crippen LogP contribution is -2.16. The molecule has 0 aliphatic carbocycles. The first-order valence-corrected chi connectivity index (χ1v) is 20.3. The van der Waals surface area contributed by atoms with Gasteiger partial charge in [-0.2, -0.15) is 0 Å². The molecule has 0 fully saturated rings. The molecule has 2 heterocycles. The lowest BCUT2D eigenvalue weighted by Gasteiger charge is -2.26. The van der Waals surface area contributed by atoms with Crippen molar-refractivity contribution < 1.29 is 18.8 Å². The quantitative estimate of drug-likeness (QED) is 0.182. The molecule has 302 valence electrons. The number of aromatic hydroxyl groups is 1. The molecule has 8 aromatic rings. The van der Waals surface area contributed by atoms with Gasteiger partial charge in [0.1, 0.15) is 11.6 Å². The van der Waals surface area contributed by atoms with Gasteiger partial charge in [-0.05, 0) is 135 Å². The zero-order valence-corrected chi connectivity index (χ0v) is 35.8. The Morgan fingerprint density at radius 3 is 1.85 bits per heavy atom. The van der Waals surface area contributed by atoms with E-state index in [0.29, 0.717) is 44.9 Å². The highest BCUT2D eigenvalue weighted by molar-refractivity contribution is 5.97. The number of rotatable bonds is 6. The third kappa shape index (κ3) is 7.91. The zero-order valence-electron chi connectivity index (χ0n) is 45.8. The SMILES string of the molecule is [2H]c1c([2H])c(C([2H])([2H])[2H])c([2H])c([2H])c1-c1ccnc(-c2cc(-c3cccc4c3nc(-c3ccccc3O)n4-c3ccc(-c4cc(C(C)(C)C)cc(C(C)(C)C)c4)cc3C([2H])([2H])[2H])cc(C(C)(C)C)c2)c1. The molecule has 0 atom stereocenters. The molecule has 0 radical (unpaired) electrons. The third-order valence-corrected chi connectivity index (χ3v) is 11.1. The first-order chi connectivity index (χ1) is 32.4. The van der Waals surface area contributed by atoms with Crippen molar-refractivity contribution in [2.24, 2.45) is 0 Å². The Hall–Kier alpha value is -6.26. The van der Waals surface area contributed by atoms with Crippen molar-refractivity contribution in [2.75, 3.05) is 0 Å². The molecule has 0 spiro atoms. The van der Waals surface area contributed by atoms with Crippen molar-refractivity contribution in [2.45, 2.75) is 92.3 Å². The van der Waals surface area contributed by atoms with Gasteiger partial charge >= 0.3 is 0 Å². The molecular formula is C56H57N3O. The van der Waals surface area contributed by atoms with Gasteiger partial charge < -0.3 is 5.11 Å². The third-order valence-electron chi connectivity index (χ3n) is 11.1. The molecule has 0 unspecified atom stereocenters. The van der Waals surface area contributed by atoms with E-state index in [9.17, 15) is 5.11 Å². The van der Waals surface area contributed by atoms with E-state index in [-0.39, 0.29) is 33.1 Å². The highest BCUT2D eigenvalue weighted by Gasteiger charge is 2.24. The largest absolute Gasteiger partial charge is 0.507 e. The number of phenolic OH excluding ortho intramolecular Hbond substituents is 1. The fraction of sp³-hybridized carbons (Fsp3) is 0.250. The Labute approximate surface area is 370 Å². The minimum Gasteiger partial charge on any atom is -0.507 e. The van der Waals surface area contributed by atoms with E-state index in [1.165, 1.54) is 6.20 Å². The van der Waals surface area contributed by atoms with Crippen LogP contribution >= 0.6 is 0 Å². The Bertz CT molecular complexity index is 3300. The maximum atomic E-state index is 11.4. The number of aromatic nitrogens is 3. The molecule has 0 amide bonds. The smallest absolute Gasteiger partial charge is 0.149 e. The van der Waals surface area contributed by atoms with Crippen molar-refractivity contribution in [1.29, 1.82) is 0 Å². The maximum absolute atomic E-state index is 11.4. The number of fused-ring (bicyclic) bond motifs is 1. The Kier molecular flexibility index (Phi) is 7.51. The minimum atomic E-state index is -2.84. The van der Waals surface area contributed by atoms with Crippen LogP contribution in [0.25, 0.3) is 72.7 Å². The first-order valence-electron chi connectivity index (χ1n) is 25.3. The summed E-state index contributed by atoms with van der Waals surface area (Å²) in [5, 5.41) is 11.4. The number of benzene rings is 6. The highest BCUT2D eigenvalue weighted by atomic mass is 16.3. The molecule has 0 saturated carbocycles. The average molecular weight is 798 g/mol. The topological polar surface area (TPSA) is 50.9 Å². The van der Waals surface area contributed by atoms with Gasteiger partial charge in [0.2, 0.25) is 0 Å². The van der Waals surface area contributed by atoms with Crippen LogP contribution < -0.4 is 0 Å². The minimum absolute atomic E-state index is 0.0286. The molecule has 8 rings (SSSR count). The van der Waals surface area contributed by atoms with Crippen LogP contribution in [-0.2, 0) is 16.2 Å². The molecule has 2 aromatic heterocycles. The van der Waals surface area contributed by atoms with Crippen molar-refractivity contribution in [1.82, 2.24) is 14.5 Å². The maximum Gasteiger partial charge on any atom is 0.149 e. The van der Waals surface area contributed by atoms with Crippen LogP contribution in [0.2, 0.25) is 0 Å². The molecule has 6 aromatic carbocycles. The van der Waals surface area contributed by atoms with E-state index in [0.717, 1.165) is 38.9 Å². The summed E-state index contributed by atoms with van der Waals surface area (Å²) in [5.74, 6) is 0.314. The van der Waals surface area contributed by atoms with Gasteiger partial charge in [0.15, 0.2) is 0 Å². The number of hydrogen-bond donors (Lipinski definition) is 1. The molecule has 60 heavy (non-hydrogen) atoms. The molecule has 0 aliphatic heterocycles. The van der Waals surface area contributed by atoms with Crippen molar-refractivity contribution in [3.05, 3.63) is 167 Å². The van der Waals surface area contributed by atoms with E-state index in [1.54, 1.807) is 42.5 Å². The summed E-state index contributed by atoms with van der Waals surface area (Å²) < 4.78 is 87.1. The summed E-state index contributed by atoms with van der Waals surface area (Å²) in [6.45, 7) is 13.9. The molecule has 0 saturated heterocycles. The highest BCUT2D eigenvalue weighted by Crippen LogP contribution is 2.41. The van der Waals surface area contributed by atoms with E-state index >= 15 is 0 Å². The van der Waals surface area contributed by atoms with Gasteiger partial charge in [-0.15, -0.1) is 0 Å². The van der Waals surface area contributed by atoms with Crippen LogP contribution in [0.4, 0.5) is 0 Å². The number of para-hydroxylation sites is 2. The van der Waals surface area contributed by atoms with Crippen LogP contribution in [0, 0.1) is 13.7 Å². The number of phenols is 1. The van der Waals surface area contributed by atoms with E-state index in [4.69, 9.17) is 23.7 Å². The normalized spacial score (nSPS) is 15.2. The molecule has 1 N–H and O–H groups in total. The molecule has 4 heteroatoms. The Morgan fingerprint density at radius 2 is 1.18 bits per heavy atom. The van der Waals surface area contributed by atoms with E-state index in [1.807, 2.05) is 47.0 Å². The second kappa shape index (κ2) is 15.1. The lowest BCUT2D eigenvalue weighted by atomic mass is 9.79. The van der Waals surface area contributed by atoms with Crippen LogP contribution in [0.5, 0.6) is 5.75 Å². The van der Waals surface area contributed by atoms with Crippen molar-refractivity contribution >= 4 is 11.0 Å². The standard InChI is InChI=1S/C56H57N3O/c1-35-19-21-37(22-20-35)39-25-26-57-48(33-39)42-28-41(31-43(32-42)54(3,4)5)46-16-14-17-50-52(46)58-53(47-15-12-13-18-51(47)60)59(50)49-24-23-38(27-36(49)2)40-29-44(55(6,7)8)34-45(30-40)56(9,10)11/h12-34,60H,1-11H3/i1D3,2D3,19D,20D,21D,22D. The van der Waals surface area contributed by atoms with Crippen LogP contribution in [-0.4, -0.2) is 19.6 Å². The predicted octanol–water partition coefficient (Wildman–Crippen LogP) is 15.0. The predicted molar refractivity (Wildman–Crippen MR) is 253 cm³/mol. The Balaban J connectivity index is 1.36. The molecule has 0 bridgehead atoms. The number of hydrogen-bond acceptors (Lipinski definition) is 3. The summed E-state index contributed by atoms with van der Waals surface area (Å²) >= 11 is 0. The monoisotopic (exact) mass is 798 g/mol. The second-order valence-electron chi connectivity index (χ2n) is 18.7. The van der Waals surface area contributed by atoms with Gasteiger partial charge in [-0.3, -0.25) is 9.55 Å². The summed E-state index contributed by atoms with van der Waals surface area (Å²) in [6, 6.07) is 31.8. The number of pyridine rings is 1. The Morgan fingerprint density at radius 1 is 0.550 bits per heavy atom. The summed E-state index contributed by atoms with van der Waals surface area (Å²) in [4.78, 5) is 9.98. The van der Waals surface area contributed by atoms with Gasteiger partial charge in [0, 0.05) is 25.5 Å². The zero-order chi connectivity index (χ0) is 51.2. The van der Waals surface area contributed by atoms with E-state index < -0.39 is 43.4 Å². The lowest BCUT2D eigenvalue weighted by molar-refractivity contribution is 0.477. The van der Waals surface area contributed by atoms with Gasteiger partial charge in [0.25, 0.3) is 0 Å². The molecule has 0 aliphatic rings. The summed E-state index contributed by atoms with van der Waals surface area (Å²) in [5.41, 5.74) is 8.57. The number of aryl methyl sites for hydroxylation is 1. The summed E-state index contributed by atoms with van der Waals surface area (Å²) in [6.07, 6.45) is 1.53. The number of nitrogens with zero attached hydrogens (tertiary/aromatic N) is 3. The molecular weight excluding hydrogens is 731 g/mol. The van der Waals surface area contributed by atoms with Crippen LogP contribution in [0.1, 0.15) is 104 Å². The first kappa shape index (κ1) is 29.9. The van der Waals surface area contributed by atoms with Crippen LogP contribution in [0.15, 0.2) is 140 Å². The van der Waals surface area contributed by atoms with E-state index in [2.05, 4.69) is 86.6 Å². The average Bonchev–Trinajstić information content (AvgIpc) is 3.66. The van der Waals surface area contributed by atoms with Crippen molar-refractivity contribution in [3.8, 4) is 67.5 Å². The molecule has 4 nitrogen and oxygen atoms in total.